The molecule has 39 heavy (non-hydrogen) atoms. The number of hydrogen-bond acceptors (Lipinski definition) is 6. The maximum Gasteiger partial charge on any atom is 0.197 e. The minimum atomic E-state index is -1.93. The number of rotatable bonds is 6. The molecule has 0 aliphatic rings. The normalized spacial score (nSPS) is 11.4. The number of nitrogens with zero attached hydrogens (tertiary/aromatic N) is 3. The zero-order chi connectivity index (χ0) is 28.8. The van der Waals surface area contributed by atoms with Gasteiger partial charge in [0.05, 0.1) is 14.7 Å². The van der Waals surface area contributed by atoms with Gasteiger partial charge >= 0.3 is 0 Å². The topological polar surface area (TPSA) is 38.7 Å². The first-order valence-corrected chi connectivity index (χ1v) is 12.0. The summed E-state index contributed by atoms with van der Waals surface area (Å²) in [5, 5.41) is -2.81. The summed E-state index contributed by atoms with van der Waals surface area (Å²) in [4.78, 5) is 6.44. The molecule has 18 heteroatoms. The molecular weight excluding hydrogens is 618 g/mol. The van der Waals surface area contributed by atoms with Crippen molar-refractivity contribution in [3.05, 3.63) is 88.0 Å². The Balaban J connectivity index is 1.87. The molecule has 0 saturated carbocycles. The summed E-state index contributed by atoms with van der Waals surface area (Å²) in [7, 11) is 0. The predicted octanol–water partition coefficient (Wildman–Crippen LogP) is 7.99. The molecule has 0 spiro atoms. The fourth-order valence-corrected chi connectivity index (χ4v) is 5.29. The molecule has 0 aliphatic heterocycles. The number of hydrogen-bond donors (Lipinski definition) is 0. The van der Waals surface area contributed by atoms with Crippen molar-refractivity contribution >= 4 is 35.3 Å². The Kier molecular flexibility index (Phi) is 8.27. The van der Waals surface area contributed by atoms with Crippen LogP contribution in [0.1, 0.15) is 0 Å². The van der Waals surface area contributed by atoms with Crippen LogP contribution in [0.15, 0.2) is 48.4 Å². The van der Waals surface area contributed by atoms with Crippen LogP contribution >= 0.6 is 35.3 Å². The summed E-state index contributed by atoms with van der Waals surface area (Å²) in [6.45, 7) is 0. The van der Waals surface area contributed by atoms with Crippen molar-refractivity contribution in [3.8, 4) is 0 Å². The van der Waals surface area contributed by atoms with E-state index in [0.717, 1.165) is 0 Å². The van der Waals surface area contributed by atoms with E-state index in [-0.39, 0.29) is 53.5 Å². The highest BCUT2D eigenvalue weighted by molar-refractivity contribution is 8.00. The summed E-state index contributed by atoms with van der Waals surface area (Å²) in [6.07, 6.45) is 0. The smallest absolute Gasteiger partial charge is 0.197 e. The fraction of sp³-hybridized carbons (Fsp3) is 0. The van der Waals surface area contributed by atoms with Gasteiger partial charge in [0.1, 0.15) is 0 Å². The van der Waals surface area contributed by atoms with Gasteiger partial charge < -0.3 is 0 Å². The maximum atomic E-state index is 14.2. The first-order valence-electron chi connectivity index (χ1n) is 9.57. The van der Waals surface area contributed by atoms with Gasteiger partial charge in [-0.1, -0.05) is 0 Å². The largest absolute Gasteiger partial charge is 0.204 e. The number of aromatic nitrogens is 3. The van der Waals surface area contributed by atoms with Crippen LogP contribution in [0.3, 0.4) is 0 Å². The molecule has 0 unspecified atom stereocenters. The van der Waals surface area contributed by atoms with Gasteiger partial charge in [0.25, 0.3) is 0 Å². The Morgan fingerprint density at radius 3 is 0.692 bits per heavy atom. The van der Waals surface area contributed by atoms with Gasteiger partial charge in [0.2, 0.25) is 0 Å². The van der Waals surface area contributed by atoms with Crippen molar-refractivity contribution in [1.29, 1.82) is 0 Å². The monoisotopic (exact) mass is 621 g/mol. The molecule has 0 amide bonds. The second kappa shape index (κ2) is 11.2. The molecular formula is C21H3F12N3S3. The van der Waals surface area contributed by atoms with Crippen LogP contribution in [-0.2, 0) is 0 Å². The predicted molar refractivity (Wildman–Crippen MR) is 111 cm³/mol. The minimum absolute atomic E-state index is 0.126. The first kappa shape index (κ1) is 28.9. The molecule has 0 N–H and O–H groups in total. The van der Waals surface area contributed by atoms with Crippen LogP contribution in [-0.4, -0.2) is 15.0 Å². The fourth-order valence-electron chi connectivity index (χ4n) is 2.65. The van der Waals surface area contributed by atoms with Gasteiger partial charge in [-0.15, -0.1) is 0 Å². The van der Waals surface area contributed by atoms with Gasteiger partial charge in [0.15, 0.2) is 85.3 Å². The molecule has 3 aromatic carbocycles. The van der Waals surface area contributed by atoms with Crippen LogP contribution in [0.2, 0.25) is 0 Å². The lowest BCUT2D eigenvalue weighted by Crippen LogP contribution is -2.03. The summed E-state index contributed by atoms with van der Waals surface area (Å²) < 4.78 is 167. The third kappa shape index (κ3) is 5.76. The molecule has 0 atom stereocenters. The van der Waals surface area contributed by atoms with Crippen LogP contribution in [0.4, 0.5) is 52.7 Å². The minimum Gasteiger partial charge on any atom is -0.204 e. The first-order chi connectivity index (χ1) is 18.3. The van der Waals surface area contributed by atoms with Crippen molar-refractivity contribution in [3.63, 3.8) is 0 Å². The molecule has 0 radical (unpaired) electrons. The summed E-state index contributed by atoms with van der Waals surface area (Å²) >= 11 is -0.726. The van der Waals surface area contributed by atoms with Gasteiger partial charge in [-0.25, -0.2) is 52.7 Å². The molecule has 1 aromatic heterocycles. The van der Waals surface area contributed by atoms with Gasteiger partial charge in [-0.2, -0.15) is 15.0 Å². The standard InChI is InChI=1S/C21H3F12N3S3/c22-4-1-5(23)11(29)16(10(4)28)37-19-34-20(38-17-12(30)6(24)2-7(25)13(17)31)36-21(35-19)39-18-14(32)8(26)3-9(27)15(18)33/h1-3H. The molecule has 4 aromatic rings. The molecule has 0 saturated heterocycles. The lowest BCUT2D eigenvalue weighted by atomic mass is 10.3. The highest BCUT2D eigenvalue weighted by atomic mass is 32.2. The molecule has 3 nitrogen and oxygen atoms in total. The Labute approximate surface area is 221 Å². The third-order valence-corrected chi connectivity index (χ3v) is 7.15. The van der Waals surface area contributed by atoms with Crippen LogP contribution < -0.4 is 0 Å². The highest BCUT2D eigenvalue weighted by Crippen LogP contribution is 2.39. The van der Waals surface area contributed by atoms with Crippen LogP contribution in [0, 0.1) is 69.8 Å². The average molecular weight is 621 g/mol. The van der Waals surface area contributed by atoms with Gasteiger partial charge in [-0.05, 0) is 35.3 Å². The van der Waals surface area contributed by atoms with Crippen molar-refractivity contribution in [2.75, 3.05) is 0 Å². The van der Waals surface area contributed by atoms with E-state index in [1.54, 1.807) is 0 Å². The van der Waals surface area contributed by atoms with E-state index in [4.69, 9.17) is 0 Å². The van der Waals surface area contributed by atoms with E-state index in [0.29, 0.717) is 0 Å². The average Bonchev–Trinajstić information content (AvgIpc) is 2.88. The maximum absolute atomic E-state index is 14.2. The number of benzene rings is 3. The Bertz CT molecular complexity index is 1360. The summed E-state index contributed by atoms with van der Waals surface area (Å²) in [5.74, 6) is -22.7. The SMILES string of the molecule is Fc1cc(F)c(F)c(Sc2nc(Sc3c(F)c(F)cc(F)c3F)nc(Sc3c(F)c(F)cc(F)c3F)n2)c1F. The van der Waals surface area contributed by atoms with E-state index < -0.39 is 100.0 Å². The Morgan fingerprint density at radius 2 is 0.513 bits per heavy atom. The highest BCUT2D eigenvalue weighted by Gasteiger charge is 2.26. The third-order valence-electron chi connectivity index (χ3n) is 4.37. The van der Waals surface area contributed by atoms with Crippen molar-refractivity contribution in [1.82, 2.24) is 15.0 Å². The molecule has 0 fully saturated rings. The van der Waals surface area contributed by atoms with E-state index in [1.165, 1.54) is 0 Å². The second-order valence-electron chi connectivity index (χ2n) is 6.88. The van der Waals surface area contributed by atoms with Crippen LogP contribution in [0.25, 0.3) is 0 Å². The zero-order valence-electron chi connectivity index (χ0n) is 17.8. The Morgan fingerprint density at radius 1 is 0.333 bits per heavy atom. The van der Waals surface area contributed by atoms with E-state index >= 15 is 0 Å². The van der Waals surface area contributed by atoms with E-state index in [2.05, 4.69) is 15.0 Å². The molecule has 4 rings (SSSR count). The molecule has 204 valence electrons. The zero-order valence-corrected chi connectivity index (χ0v) is 20.3. The quantitative estimate of drug-likeness (QED) is 0.161. The van der Waals surface area contributed by atoms with Gasteiger partial charge in [0, 0.05) is 18.2 Å². The van der Waals surface area contributed by atoms with Crippen molar-refractivity contribution in [2.45, 2.75) is 30.2 Å². The van der Waals surface area contributed by atoms with E-state index in [9.17, 15) is 52.7 Å². The molecule has 0 bridgehead atoms. The summed E-state index contributed by atoms with van der Waals surface area (Å²) in [5.41, 5.74) is 0. The lowest BCUT2D eigenvalue weighted by Gasteiger charge is -2.10. The molecule has 1 heterocycles. The molecule has 0 aliphatic carbocycles. The van der Waals surface area contributed by atoms with E-state index in [1.807, 2.05) is 0 Å². The summed E-state index contributed by atoms with van der Waals surface area (Å²) in [6, 6.07) is -0.379. The van der Waals surface area contributed by atoms with Gasteiger partial charge in [-0.3, -0.25) is 0 Å². The number of halogens is 12. The lowest BCUT2D eigenvalue weighted by molar-refractivity contribution is 0.425. The van der Waals surface area contributed by atoms with Crippen molar-refractivity contribution in [2.24, 2.45) is 0 Å². The Hall–Kier alpha value is -3.12. The van der Waals surface area contributed by atoms with Crippen LogP contribution in [0.5, 0.6) is 0 Å². The second-order valence-corrected chi connectivity index (χ2v) is 9.81. The van der Waals surface area contributed by atoms with Crippen molar-refractivity contribution < 1.29 is 52.7 Å².